The van der Waals surface area contributed by atoms with Crippen molar-refractivity contribution in [3.05, 3.63) is 35.9 Å². The number of likely N-dealkylation sites (tertiary alicyclic amines) is 1. The first-order valence-electron chi connectivity index (χ1n) is 7.23. The number of fused-ring (bicyclic) bond motifs is 1. The lowest BCUT2D eigenvalue weighted by Gasteiger charge is -2.14. The predicted octanol–water partition coefficient (Wildman–Crippen LogP) is 1.06. The van der Waals surface area contributed by atoms with Crippen LogP contribution in [-0.2, 0) is 24.4 Å². The van der Waals surface area contributed by atoms with Gasteiger partial charge in [-0.15, -0.1) is 0 Å². The van der Waals surface area contributed by atoms with Gasteiger partial charge in [-0.2, -0.15) is 10.2 Å². The highest BCUT2D eigenvalue weighted by Gasteiger charge is 2.25. The van der Waals surface area contributed by atoms with Crippen molar-refractivity contribution in [2.45, 2.75) is 32.2 Å². The fourth-order valence-electron chi connectivity index (χ4n) is 3.13. The van der Waals surface area contributed by atoms with E-state index in [-0.39, 0.29) is 0 Å². The molecule has 0 saturated carbocycles. The largest absolute Gasteiger partial charge is 0.373 e. The van der Waals surface area contributed by atoms with Crippen molar-refractivity contribution in [1.29, 1.82) is 0 Å². The lowest BCUT2D eigenvalue weighted by molar-refractivity contribution is 0.0799. The molecule has 4 heterocycles. The van der Waals surface area contributed by atoms with E-state index in [0.29, 0.717) is 12.6 Å². The molecule has 0 bridgehead atoms. The second-order valence-electron chi connectivity index (χ2n) is 5.57. The van der Waals surface area contributed by atoms with E-state index < -0.39 is 0 Å². The lowest BCUT2D eigenvalue weighted by Crippen LogP contribution is -2.22. The molecule has 6 nitrogen and oxygen atoms in total. The zero-order valence-electron chi connectivity index (χ0n) is 11.5. The van der Waals surface area contributed by atoms with E-state index in [0.717, 1.165) is 38.5 Å². The summed E-state index contributed by atoms with van der Waals surface area (Å²) in [5.74, 6) is 0. The van der Waals surface area contributed by atoms with Gasteiger partial charge in [0.25, 0.3) is 0 Å². The molecular weight excluding hydrogens is 254 g/mol. The van der Waals surface area contributed by atoms with E-state index in [1.165, 1.54) is 12.1 Å². The Morgan fingerprint density at radius 2 is 2.35 bits per heavy atom. The summed E-state index contributed by atoms with van der Waals surface area (Å²) >= 11 is 0. The highest BCUT2D eigenvalue weighted by atomic mass is 16.5. The highest BCUT2D eigenvalue weighted by molar-refractivity contribution is 5.11. The van der Waals surface area contributed by atoms with Crippen LogP contribution in [0.25, 0.3) is 0 Å². The molecule has 4 rings (SSSR count). The fraction of sp³-hybridized carbons (Fsp3) is 0.571. The maximum atomic E-state index is 5.46. The molecule has 0 aliphatic carbocycles. The van der Waals surface area contributed by atoms with Gasteiger partial charge in [-0.05, 0) is 18.6 Å². The molecule has 0 N–H and O–H groups in total. The molecule has 0 spiro atoms. The third kappa shape index (κ3) is 2.25. The second-order valence-corrected chi connectivity index (χ2v) is 5.57. The molecule has 2 aromatic rings. The number of hydrogen-bond acceptors (Lipinski definition) is 4. The van der Waals surface area contributed by atoms with Gasteiger partial charge in [0.15, 0.2) is 0 Å². The van der Waals surface area contributed by atoms with E-state index in [4.69, 9.17) is 4.74 Å². The van der Waals surface area contributed by atoms with Gasteiger partial charge >= 0.3 is 0 Å². The van der Waals surface area contributed by atoms with Crippen molar-refractivity contribution < 1.29 is 4.74 Å². The van der Waals surface area contributed by atoms with Crippen molar-refractivity contribution in [2.24, 2.45) is 0 Å². The average Bonchev–Trinajstić information content (AvgIpc) is 3.18. The van der Waals surface area contributed by atoms with E-state index >= 15 is 0 Å². The zero-order valence-corrected chi connectivity index (χ0v) is 11.5. The summed E-state index contributed by atoms with van der Waals surface area (Å²) in [5.41, 5.74) is 2.36. The minimum atomic E-state index is 0.505. The van der Waals surface area contributed by atoms with Crippen LogP contribution in [0.1, 0.15) is 23.9 Å². The predicted molar refractivity (Wildman–Crippen MR) is 73.0 cm³/mol. The molecule has 2 aliphatic heterocycles. The van der Waals surface area contributed by atoms with Crippen molar-refractivity contribution >= 4 is 0 Å². The summed E-state index contributed by atoms with van der Waals surface area (Å²) < 4.78 is 9.62. The molecule has 0 amide bonds. The summed E-state index contributed by atoms with van der Waals surface area (Å²) in [6.07, 6.45) is 5.07. The third-order valence-electron chi connectivity index (χ3n) is 4.14. The Hall–Kier alpha value is -1.66. The van der Waals surface area contributed by atoms with Crippen LogP contribution in [0.5, 0.6) is 0 Å². The Balaban J connectivity index is 1.41. The van der Waals surface area contributed by atoms with Gasteiger partial charge in [0.1, 0.15) is 0 Å². The summed E-state index contributed by atoms with van der Waals surface area (Å²) in [6.45, 7) is 5.45. The van der Waals surface area contributed by atoms with Crippen LogP contribution in [0.2, 0.25) is 0 Å². The van der Waals surface area contributed by atoms with Crippen LogP contribution >= 0.6 is 0 Å². The molecule has 2 aromatic heterocycles. The standard InChI is InChI=1S/C14H19N5O/c1-3-15-18(4-1)13-2-5-17(10-13)9-12-8-14-11-20-7-6-19(14)16-12/h1,3-4,8,13H,2,5-7,9-11H2. The van der Waals surface area contributed by atoms with Gasteiger partial charge in [-0.3, -0.25) is 14.3 Å². The summed E-state index contributed by atoms with van der Waals surface area (Å²) in [7, 11) is 0. The molecule has 6 heteroatoms. The Morgan fingerprint density at radius 3 is 3.20 bits per heavy atom. The zero-order chi connectivity index (χ0) is 13.4. The smallest absolute Gasteiger partial charge is 0.0885 e. The average molecular weight is 273 g/mol. The van der Waals surface area contributed by atoms with Crippen molar-refractivity contribution in [1.82, 2.24) is 24.5 Å². The molecule has 20 heavy (non-hydrogen) atoms. The van der Waals surface area contributed by atoms with Crippen molar-refractivity contribution in [3.8, 4) is 0 Å². The van der Waals surface area contributed by atoms with Crippen LogP contribution in [0.4, 0.5) is 0 Å². The molecule has 0 aromatic carbocycles. The molecule has 106 valence electrons. The number of hydrogen-bond donors (Lipinski definition) is 0. The van der Waals surface area contributed by atoms with Gasteiger partial charge < -0.3 is 4.74 Å². The second kappa shape index (κ2) is 5.03. The first kappa shape index (κ1) is 12.1. The third-order valence-corrected chi connectivity index (χ3v) is 4.14. The monoisotopic (exact) mass is 273 g/mol. The van der Waals surface area contributed by atoms with Crippen LogP contribution < -0.4 is 0 Å². The summed E-state index contributed by atoms with van der Waals surface area (Å²) in [6, 6.07) is 4.68. The molecule has 1 unspecified atom stereocenters. The first-order valence-corrected chi connectivity index (χ1v) is 7.23. The van der Waals surface area contributed by atoms with Crippen molar-refractivity contribution in [2.75, 3.05) is 19.7 Å². The highest BCUT2D eigenvalue weighted by Crippen LogP contribution is 2.22. The molecule has 1 saturated heterocycles. The van der Waals surface area contributed by atoms with Gasteiger partial charge in [-0.25, -0.2) is 0 Å². The van der Waals surface area contributed by atoms with Crippen LogP contribution in [0.3, 0.4) is 0 Å². The van der Waals surface area contributed by atoms with E-state index in [1.54, 1.807) is 0 Å². The minimum absolute atomic E-state index is 0.505. The quantitative estimate of drug-likeness (QED) is 0.839. The number of nitrogens with zero attached hydrogens (tertiary/aromatic N) is 5. The molecule has 1 atom stereocenters. The van der Waals surface area contributed by atoms with Crippen LogP contribution in [0.15, 0.2) is 24.5 Å². The maximum Gasteiger partial charge on any atom is 0.0885 e. The number of ether oxygens (including phenoxy) is 1. The number of rotatable bonds is 3. The normalized spacial score (nSPS) is 23.1. The lowest BCUT2D eigenvalue weighted by atomic mass is 10.3. The van der Waals surface area contributed by atoms with Gasteiger partial charge in [0.05, 0.1) is 37.2 Å². The van der Waals surface area contributed by atoms with Crippen molar-refractivity contribution in [3.63, 3.8) is 0 Å². The molecule has 0 radical (unpaired) electrons. The van der Waals surface area contributed by atoms with E-state index in [9.17, 15) is 0 Å². The van der Waals surface area contributed by atoms with Gasteiger partial charge in [-0.1, -0.05) is 0 Å². The molecule has 1 fully saturated rings. The summed E-state index contributed by atoms with van der Waals surface area (Å²) in [4.78, 5) is 2.46. The number of aromatic nitrogens is 4. The van der Waals surface area contributed by atoms with E-state index in [2.05, 4.69) is 36.7 Å². The SMILES string of the molecule is c1cnn(C2CCN(Cc3cc4n(n3)CCOC4)C2)c1. The van der Waals surface area contributed by atoms with Gasteiger partial charge in [0.2, 0.25) is 0 Å². The fourth-order valence-corrected chi connectivity index (χ4v) is 3.13. The minimum Gasteiger partial charge on any atom is -0.373 e. The van der Waals surface area contributed by atoms with Crippen LogP contribution in [0, 0.1) is 0 Å². The van der Waals surface area contributed by atoms with Crippen LogP contribution in [-0.4, -0.2) is 44.2 Å². The maximum absolute atomic E-state index is 5.46. The topological polar surface area (TPSA) is 48.1 Å². The molecular formula is C14H19N5O. The Kier molecular flexibility index (Phi) is 3.05. The molecule has 2 aliphatic rings. The van der Waals surface area contributed by atoms with Gasteiger partial charge in [0, 0.05) is 32.0 Å². The first-order chi connectivity index (χ1) is 9.88. The Labute approximate surface area is 117 Å². The summed E-state index contributed by atoms with van der Waals surface area (Å²) in [5, 5.41) is 9.02. The van der Waals surface area contributed by atoms with E-state index in [1.807, 2.05) is 12.3 Å². The Bertz CT molecular complexity index is 553. The Morgan fingerprint density at radius 1 is 1.35 bits per heavy atom.